The molecule has 1 aliphatic rings. The van der Waals surface area contributed by atoms with E-state index < -0.39 is 0 Å². The van der Waals surface area contributed by atoms with Crippen molar-refractivity contribution in [3.8, 4) is 5.75 Å². The predicted molar refractivity (Wildman–Crippen MR) is 87.2 cm³/mol. The first kappa shape index (κ1) is 15.3. The van der Waals surface area contributed by atoms with E-state index in [4.69, 9.17) is 22.7 Å². The second-order valence-corrected chi connectivity index (χ2v) is 6.14. The summed E-state index contributed by atoms with van der Waals surface area (Å²) in [5, 5.41) is 0. The minimum atomic E-state index is 0.383. The number of nitrogens with zero attached hydrogens (tertiary/aromatic N) is 1. The lowest BCUT2D eigenvalue weighted by Gasteiger charge is -2.39. The lowest BCUT2D eigenvalue weighted by molar-refractivity contribution is 0.0952. The molecule has 1 saturated heterocycles. The Bertz CT molecular complexity index is 479. The third-order valence-corrected chi connectivity index (χ3v) is 4.49. The quantitative estimate of drug-likeness (QED) is 0.866. The third kappa shape index (κ3) is 3.30. The summed E-state index contributed by atoms with van der Waals surface area (Å²) in [6.45, 7) is 5.59. The van der Waals surface area contributed by atoms with Gasteiger partial charge in [-0.15, -0.1) is 0 Å². The van der Waals surface area contributed by atoms with Crippen molar-refractivity contribution in [3.05, 3.63) is 29.3 Å². The summed E-state index contributed by atoms with van der Waals surface area (Å²) in [7, 11) is 1.66. The fourth-order valence-electron chi connectivity index (χ4n) is 3.03. The first-order chi connectivity index (χ1) is 9.52. The Balaban J connectivity index is 2.19. The molecule has 1 aromatic rings. The Morgan fingerprint density at radius 1 is 1.35 bits per heavy atom. The topological polar surface area (TPSA) is 38.5 Å². The first-order valence-electron chi connectivity index (χ1n) is 7.25. The van der Waals surface area contributed by atoms with Crippen LogP contribution in [0.1, 0.15) is 44.2 Å². The average Bonchev–Trinajstić information content (AvgIpc) is 2.42. The highest BCUT2D eigenvalue weighted by Gasteiger charge is 2.24. The molecule has 0 unspecified atom stereocenters. The van der Waals surface area contributed by atoms with Crippen LogP contribution in [0.2, 0.25) is 0 Å². The molecule has 1 fully saturated rings. The summed E-state index contributed by atoms with van der Waals surface area (Å²) in [5.74, 6) is 0.771. The van der Waals surface area contributed by atoms with E-state index in [0.717, 1.165) is 17.9 Å². The zero-order valence-electron chi connectivity index (χ0n) is 12.6. The third-order valence-electron chi connectivity index (χ3n) is 4.27. The van der Waals surface area contributed by atoms with Crippen molar-refractivity contribution in [1.82, 2.24) is 4.90 Å². The molecule has 0 saturated carbocycles. The summed E-state index contributed by atoms with van der Waals surface area (Å²) in [6.07, 6.45) is 3.90. The summed E-state index contributed by atoms with van der Waals surface area (Å²) in [6, 6.07) is 7.41. The molecule has 3 nitrogen and oxygen atoms in total. The van der Waals surface area contributed by atoms with Crippen LogP contribution in [0.4, 0.5) is 0 Å². The summed E-state index contributed by atoms with van der Waals surface area (Å²) in [5.41, 5.74) is 7.77. The van der Waals surface area contributed by atoms with Gasteiger partial charge in [0, 0.05) is 18.6 Å². The number of hydrogen-bond donors (Lipinski definition) is 1. The molecule has 2 N–H and O–H groups in total. The molecule has 0 spiro atoms. The minimum absolute atomic E-state index is 0.383. The Labute approximate surface area is 127 Å². The lowest BCUT2D eigenvalue weighted by atomic mass is 9.96. The maximum absolute atomic E-state index is 5.71. The van der Waals surface area contributed by atoms with E-state index in [0.29, 0.717) is 17.1 Å². The number of likely N-dealkylation sites (tertiary alicyclic amines) is 1. The maximum Gasteiger partial charge on any atom is 0.129 e. The minimum Gasteiger partial charge on any atom is -0.496 e. The number of rotatable bonds is 4. The molecule has 1 aliphatic heterocycles. The number of piperidine rings is 1. The zero-order valence-corrected chi connectivity index (χ0v) is 13.4. The molecule has 0 aliphatic carbocycles. The molecule has 0 aromatic heterocycles. The van der Waals surface area contributed by atoms with E-state index in [9.17, 15) is 0 Å². The van der Waals surface area contributed by atoms with Crippen LogP contribution < -0.4 is 10.5 Å². The molecule has 0 amide bonds. The molecule has 2 atom stereocenters. The molecule has 4 heteroatoms. The van der Waals surface area contributed by atoms with Crippen LogP contribution in [0.5, 0.6) is 5.75 Å². The van der Waals surface area contributed by atoms with Crippen molar-refractivity contribution in [2.45, 2.75) is 51.7 Å². The normalized spacial score (nSPS) is 23.6. The van der Waals surface area contributed by atoms with Crippen LogP contribution in [0.15, 0.2) is 18.2 Å². The molecule has 110 valence electrons. The van der Waals surface area contributed by atoms with Crippen molar-refractivity contribution in [2.75, 3.05) is 7.11 Å². The van der Waals surface area contributed by atoms with Crippen molar-refractivity contribution in [2.24, 2.45) is 5.73 Å². The van der Waals surface area contributed by atoms with Crippen LogP contribution in [0.3, 0.4) is 0 Å². The van der Waals surface area contributed by atoms with Gasteiger partial charge in [-0.25, -0.2) is 0 Å². The van der Waals surface area contributed by atoms with E-state index in [1.165, 1.54) is 24.8 Å². The van der Waals surface area contributed by atoms with Gasteiger partial charge in [-0.05, 0) is 44.4 Å². The van der Waals surface area contributed by atoms with E-state index >= 15 is 0 Å². The van der Waals surface area contributed by atoms with Gasteiger partial charge in [0.2, 0.25) is 0 Å². The highest BCUT2D eigenvalue weighted by Crippen LogP contribution is 2.27. The Hall–Kier alpha value is -1.13. The van der Waals surface area contributed by atoms with Crippen molar-refractivity contribution < 1.29 is 4.74 Å². The van der Waals surface area contributed by atoms with E-state index in [1.54, 1.807) is 7.11 Å². The van der Waals surface area contributed by atoms with Crippen molar-refractivity contribution in [3.63, 3.8) is 0 Å². The van der Waals surface area contributed by atoms with Crippen LogP contribution in [0, 0.1) is 0 Å². The van der Waals surface area contributed by atoms with Gasteiger partial charge in [-0.3, -0.25) is 4.90 Å². The molecule has 2 rings (SSSR count). The van der Waals surface area contributed by atoms with Gasteiger partial charge >= 0.3 is 0 Å². The van der Waals surface area contributed by atoms with Gasteiger partial charge < -0.3 is 10.5 Å². The zero-order chi connectivity index (χ0) is 14.7. The summed E-state index contributed by atoms with van der Waals surface area (Å²) >= 11 is 5.05. The van der Waals surface area contributed by atoms with Gasteiger partial charge in [-0.1, -0.05) is 24.7 Å². The van der Waals surface area contributed by atoms with Gasteiger partial charge in [0.1, 0.15) is 10.7 Å². The molecule has 0 bridgehead atoms. The standard InChI is InChI=1S/C16H24N2OS/c1-11-5-4-6-12(2)18(11)10-13-7-8-14(16(17)20)15(9-13)19-3/h7-9,11-12H,4-6,10H2,1-3H3,(H2,17,20)/t11-,12+. The molecule has 0 radical (unpaired) electrons. The number of hydrogen-bond acceptors (Lipinski definition) is 3. The molecule has 20 heavy (non-hydrogen) atoms. The number of nitrogens with two attached hydrogens (primary N) is 1. The van der Waals surface area contributed by atoms with Gasteiger partial charge in [-0.2, -0.15) is 0 Å². The SMILES string of the molecule is COc1cc(CN2[C@H](C)CCC[C@@H]2C)ccc1C(N)=S. The Morgan fingerprint density at radius 3 is 2.55 bits per heavy atom. The molecular formula is C16H24N2OS. The van der Waals surface area contributed by atoms with Crippen LogP contribution >= 0.6 is 12.2 Å². The Kier molecular flexibility index (Phi) is 5.00. The first-order valence-corrected chi connectivity index (χ1v) is 7.66. The summed E-state index contributed by atoms with van der Waals surface area (Å²) in [4.78, 5) is 2.95. The number of benzene rings is 1. The van der Waals surface area contributed by atoms with E-state index in [2.05, 4.69) is 30.9 Å². The van der Waals surface area contributed by atoms with Crippen molar-refractivity contribution in [1.29, 1.82) is 0 Å². The fraction of sp³-hybridized carbons (Fsp3) is 0.562. The molecule has 1 heterocycles. The summed E-state index contributed by atoms with van der Waals surface area (Å²) < 4.78 is 5.40. The molecule has 1 aromatic carbocycles. The van der Waals surface area contributed by atoms with Crippen LogP contribution in [0.25, 0.3) is 0 Å². The highest BCUT2D eigenvalue weighted by atomic mass is 32.1. The Morgan fingerprint density at radius 2 is 2.00 bits per heavy atom. The molecular weight excluding hydrogens is 268 g/mol. The largest absolute Gasteiger partial charge is 0.496 e. The van der Waals surface area contributed by atoms with Crippen LogP contribution in [-0.2, 0) is 6.54 Å². The second kappa shape index (κ2) is 6.55. The number of ether oxygens (including phenoxy) is 1. The monoisotopic (exact) mass is 292 g/mol. The maximum atomic E-state index is 5.71. The lowest BCUT2D eigenvalue weighted by Crippen LogP contribution is -2.42. The van der Waals surface area contributed by atoms with Gasteiger partial charge in [0.25, 0.3) is 0 Å². The highest BCUT2D eigenvalue weighted by molar-refractivity contribution is 7.80. The smallest absolute Gasteiger partial charge is 0.129 e. The van der Waals surface area contributed by atoms with Crippen LogP contribution in [-0.4, -0.2) is 29.1 Å². The predicted octanol–water partition coefficient (Wildman–Crippen LogP) is 3.09. The van der Waals surface area contributed by atoms with E-state index in [1.807, 2.05) is 6.07 Å². The second-order valence-electron chi connectivity index (χ2n) is 5.70. The fourth-order valence-corrected chi connectivity index (χ4v) is 3.20. The number of methoxy groups -OCH3 is 1. The van der Waals surface area contributed by atoms with E-state index in [-0.39, 0.29) is 0 Å². The van der Waals surface area contributed by atoms with Gasteiger partial charge in [0.15, 0.2) is 0 Å². The average molecular weight is 292 g/mol. The van der Waals surface area contributed by atoms with Gasteiger partial charge in [0.05, 0.1) is 12.7 Å². The van der Waals surface area contributed by atoms with Crippen molar-refractivity contribution >= 4 is 17.2 Å². The number of thiocarbonyl (C=S) groups is 1.